The molecule has 0 rings (SSSR count). The Morgan fingerprint density at radius 1 is 1.90 bits per heavy atom. The van der Waals surface area contributed by atoms with E-state index in [1.165, 1.54) is 0 Å². The molecule has 0 radical (unpaired) electrons. The van der Waals surface area contributed by atoms with Crippen LogP contribution in [0.3, 0.4) is 0 Å². The smallest absolute Gasteiger partial charge is 0.309 e. The number of hydrogen-bond donors (Lipinski definition) is 2. The fourth-order valence-corrected chi connectivity index (χ4v) is 0.625. The maximum atomic E-state index is 10.4. The van der Waals surface area contributed by atoms with E-state index in [0.717, 1.165) is 0 Å². The van der Waals surface area contributed by atoms with E-state index in [1.807, 2.05) is 0 Å². The monoisotopic (exact) mass is 141 g/mol. The van der Waals surface area contributed by atoms with Crippen molar-refractivity contribution in [1.29, 1.82) is 0 Å². The van der Waals surface area contributed by atoms with Crippen LogP contribution >= 0.6 is 0 Å². The number of carboxylic acid groups (broad SMARTS) is 1. The van der Waals surface area contributed by atoms with E-state index in [-0.39, 0.29) is 12.5 Å². The van der Waals surface area contributed by atoms with Crippen molar-refractivity contribution in [3.8, 4) is 12.3 Å². The van der Waals surface area contributed by atoms with Gasteiger partial charge in [-0.1, -0.05) is 0 Å². The van der Waals surface area contributed by atoms with Crippen molar-refractivity contribution in [3.63, 3.8) is 0 Å². The van der Waals surface area contributed by atoms with Crippen LogP contribution in [-0.4, -0.2) is 17.1 Å². The Hall–Kier alpha value is -1.01. The highest BCUT2D eigenvalue weighted by Crippen LogP contribution is 2.05. The first-order valence-electron chi connectivity index (χ1n) is 3.01. The maximum Gasteiger partial charge on any atom is 0.309 e. The second-order valence-corrected chi connectivity index (χ2v) is 2.21. The van der Waals surface area contributed by atoms with Gasteiger partial charge in [0.1, 0.15) is 0 Å². The number of aliphatic carboxylic acids is 1. The van der Waals surface area contributed by atoms with Crippen molar-refractivity contribution < 1.29 is 9.90 Å². The van der Waals surface area contributed by atoms with Gasteiger partial charge in [0, 0.05) is 12.5 Å². The third kappa shape index (κ3) is 2.51. The Bertz CT molecular complexity index is 157. The standard InChI is InChI=1S/C7H11NO2/c1-3-4-6(5(2)8)7(9)10/h1,5-6H,4,8H2,2H3,(H,9,10)/t5-,6?/m0/s1. The average molecular weight is 141 g/mol. The van der Waals surface area contributed by atoms with Gasteiger partial charge in [0.2, 0.25) is 0 Å². The zero-order chi connectivity index (χ0) is 8.15. The third-order valence-corrected chi connectivity index (χ3v) is 1.29. The molecule has 0 aromatic heterocycles. The SMILES string of the molecule is C#CCC(C(=O)O)[C@H](C)N. The van der Waals surface area contributed by atoms with Gasteiger partial charge in [-0.25, -0.2) is 0 Å². The summed E-state index contributed by atoms with van der Waals surface area (Å²) in [5, 5.41) is 8.50. The van der Waals surface area contributed by atoms with E-state index in [2.05, 4.69) is 5.92 Å². The summed E-state index contributed by atoms with van der Waals surface area (Å²) in [7, 11) is 0. The van der Waals surface area contributed by atoms with Crippen LogP contribution in [0.25, 0.3) is 0 Å². The van der Waals surface area contributed by atoms with Gasteiger partial charge in [-0.3, -0.25) is 4.79 Å². The molecule has 3 N–H and O–H groups in total. The van der Waals surface area contributed by atoms with E-state index in [0.29, 0.717) is 0 Å². The third-order valence-electron chi connectivity index (χ3n) is 1.29. The van der Waals surface area contributed by atoms with Crippen molar-refractivity contribution in [3.05, 3.63) is 0 Å². The summed E-state index contributed by atoms with van der Waals surface area (Å²) in [6.07, 6.45) is 5.14. The summed E-state index contributed by atoms with van der Waals surface area (Å²) >= 11 is 0. The van der Waals surface area contributed by atoms with E-state index < -0.39 is 11.9 Å². The molecule has 0 aliphatic rings. The zero-order valence-electron chi connectivity index (χ0n) is 5.87. The second kappa shape index (κ2) is 3.91. The van der Waals surface area contributed by atoms with Crippen LogP contribution in [0.5, 0.6) is 0 Å². The van der Waals surface area contributed by atoms with Crippen molar-refractivity contribution >= 4 is 5.97 Å². The van der Waals surface area contributed by atoms with E-state index in [4.69, 9.17) is 17.3 Å². The summed E-state index contributed by atoms with van der Waals surface area (Å²) in [6, 6.07) is -0.381. The summed E-state index contributed by atoms with van der Waals surface area (Å²) in [6.45, 7) is 1.64. The maximum absolute atomic E-state index is 10.4. The lowest BCUT2D eigenvalue weighted by Crippen LogP contribution is -2.32. The molecule has 1 unspecified atom stereocenters. The zero-order valence-corrected chi connectivity index (χ0v) is 5.87. The molecular weight excluding hydrogens is 130 g/mol. The number of carboxylic acids is 1. The highest BCUT2D eigenvalue weighted by Gasteiger charge is 2.19. The minimum Gasteiger partial charge on any atom is -0.481 e. The van der Waals surface area contributed by atoms with Gasteiger partial charge in [0.05, 0.1) is 5.92 Å². The van der Waals surface area contributed by atoms with Gasteiger partial charge in [-0.05, 0) is 6.92 Å². The summed E-state index contributed by atoms with van der Waals surface area (Å²) in [4.78, 5) is 10.4. The Morgan fingerprint density at radius 2 is 2.40 bits per heavy atom. The highest BCUT2D eigenvalue weighted by atomic mass is 16.4. The summed E-state index contributed by atoms with van der Waals surface area (Å²) in [5.74, 6) is 0.740. The van der Waals surface area contributed by atoms with Gasteiger partial charge >= 0.3 is 5.97 Å². The highest BCUT2D eigenvalue weighted by molar-refractivity contribution is 5.71. The number of rotatable bonds is 3. The van der Waals surface area contributed by atoms with Crippen LogP contribution in [0.2, 0.25) is 0 Å². The number of carbonyl (C=O) groups is 1. The van der Waals surface area contributed by atoms with E-state index in [1.54, 1.807) is 6.92 Å². The number of hydrogen-bond acceptors (Lipinski definition) is 2. The predicted octanol–water partition coefficient (Wildman–Crippen LogP) is 0.0577. The predicted molar refractivity (Wildman–Crippen MR) is 38.2 cm³/mol. The van der Waals surface area contributed by atoms with Crippen LogP contribution in [-0.2, 0) is 4.79 Å². The molecule has 2 atom stereocenters. The molecule has 0 saturated carbocycles. The largest absolute Gasteiger partial charge is 0.481 e. The Labute approximate surface area is 60.2 Å². The molecule has 3 heteroatoms. The van der Waals surface area contributed by atoms with E-state index >= 15 is 0 Å². The molecule has 0 aromatic rings. The lowest BCUT2D eigenvalue weighted by molar-refractivity contribution is -0.142. The van der Waals surface area contributed by atoms with Crippen LogP contribution in [0, 0.1) is 18.3 Å². The molecular formula is C7H11NO2. The number of nitrogens with two attached hydrogens (primary N) is 1. The molecule has 56 valence electrons. The van der Waals surface area contributed by atoms with Gasteiger partial charge in [-0.15, -0.1) is 12.3 Å². The van der Waals surface area contributed by atoms with Gasteiger partial charge < -0.3 is 10.8 Å². The van der Waals surface area contributed by atoms with Crippen LogP contribution in [0.1, 0.15) is 13.3 Å². The van der Waals surface area contributed by atoms with Crippen molar-refractivity contribution in [2.45, 2.75) is 19.4 Å². The Morgan fingerprint density at radius 3 is 2.50 bits per heavy atom. The molecule has 0 aromatic carbocycles. The van der Waals surface area contributed by atoms with Crippen LogP contribution in [0.15, 0.2) is 0 Å². The summed E-state index contributed by atoms with van der Waals surface area (Å²) < 4.78 is 0. The Kier molecular flexibility index (Phi) is 3.52. The number of terminal acetylenes is 1. The van der Waals surface area contributed by atoms with Crippen molar-refractivity contribution in [2.75, 3.05) is 0 Å². The van der Waals surface area contributed by atoms with Gasteiger partial charge in [-0.2, -0.15) is 0 Å². The molecule has 3 nitrogen and oxygen atoms in total. The normalized spacial score (nSPS) is 15.3. The second-order valence-electron chi connectivity index (χ2n) is 2.21. The van der Waals surface area contributed by atoms with Gasteiger partial charge in [0.15, 0.2) is 0 Å². The molecule has 0 heterocycles. The molecule has 0 aliphatic heterocycles. The molecule has 0 saturated heterocycles. The lowest BCUT2D eigenvalue weighted by Gasteiger charge is -2.11. The van der Waals surface area contributed by atoms with Crippen molar-refractivity contribution in [2.24, 2.45) is 11.7 Å². The first kappa shape index (κ1) is 8.99. The molecule has 0 aliphatic carbocycles. The molecule has 0 fully saturated rings. The lowest BCUT2D eigenvalue weighted by atomic mass is 9.99. The molecule has 10 heavy (non-hydrogen) atoms. The minimum atomic E-state index is -0.923. The fraction of sp³-hybridized carbons (Fsp3) is 0.571. The van der Waals surface area contributed by atoms with Crippen LogP contribution in [0.4, 0.5) is 0 Å². The minimum absolute atomic E-state index is 0.201. The quantitative estimate of drug-likeness (QED) is 0.546. The topological polar surface area (TPSA) is 63.3 Å². The molecule has 0 bridgehead atoms. The fourth-order valence-electron chi connectivity index (χ4n) is 0.625. The molecule has 0 spiro atoms. The van der Waals surface area contributed by atoms with Gasteiger partial charge in [0.25, 0.3) is 0 Å². The first-order chi connectivity index (χ1) is 4.59. The van der Waals surface area contributed by atoms with E-state index in [9.17, 15) is 4.79 Å². The van der Waals surface area contributed by atoms with Crippen molar-refractivity contribution in [1.82, 2.24) is 0 Å². The molecule has 0 amide bonds. The summed E-state index contributed by atoms with van der Waals surface area (Å²) in [5.41, 5.74) is 5.35. The Balaban J connectivity index is 4.01. The first-order valence-corrected chi connectivity index (χ1v) is 3.01. The van der Waals surface area contributed by atoms with Crippen LogP contribution < -0.4 is 5.73 Å². The average Bonchev–Trinajstić information content (AvgIpc) is 1.81.